The van der Waals surface area contributed by atoms with E-state index in [0.29, 0.717) is 5.11 Å². The maximum absolute atomic E-state index is 5.38. The van der Waals surface area contributed by atoms with Crippen molar-refractivity contribution in [3.63, 3.8) is 0 Å². The third-order valence-corrected chi connectivity index (χ3v) is 4.21. The van der Waals surface area contributed by atoms with Crippen LogP contribution in [0, 0.1) is 13.8 Å². The molecule has 0 aliphatic rings. The molecule has 0 unspecified atom stereocenters. The van der Waals surface area contributed by atoms with Gasteiger partial charge in [-0.3, -0.25) is 9.36 Å². The van der Waals surface area contributed by atoms with E-state index in [-0.39, 0.29) is 0 Å². The summed E-state index contributed by atoms with van der Waals surface area (Å²) in [5, 5.41) is 15.5. The average Bonchev–Trinajstić information content (AvgIpc) is 3.17. The number of hydrogen-bond acceptors (Lipinski definition) is 3. The first-order chi connectivity index (χ1) is 12.0. The van der Waals surface area contributed by atoms with E-state index in [1.807, 2.05) is 22.5 Å². The fourth-order valence-corrected chi connectivity index (χ4v) is 2.80. The molecular weight excluding hydrogens is 332 g/mol. The number of hydrogen-bond donors (Lipinski definition) is 2. The number of aryl methyl sites for hydroxylation is 2. The SMILES string of the molecule is CCn1ncc(NC(=S)Nc2cnn(Cc3ccc(C)cc3)c2)c1C. The van der Waals surface area contributed by atoms with Gasteiger partial charge in [-0.05, 0) is 38.6 Å². The van der Waals surface area contributed by atoms with Crippen LogP contribution in [0.3, 0.4) is 0 Å². The van der Waals surface area contributed by atoms with Crippen molar-refractivity contribution in [2.24, 2.45) is 0 Å². The highest BCUT2D eigenvalue weighted by atomic mass is 32.1. The Bertz CT molecular complexity index is 862. The quantitative estimate of drug-likeness (QED) is 0.686. The molecule has 0 atom stereocenters. The van der Waals surface area contributed by atoms with Crippen LogP contribution < -0.4 is 10.6 Å². The normalized spacial score (nSPS) is 10.7. The summed E-state index contributed by atoms with van der Waals surface area (Å²) in [5.41, 5.74) is 5.28. The molecule has 130 valence electrons. The van der Waals surface area contributed by atoms with Crippen LogP contribution in [0.25, 0.3) is 0 Å². The second-order valence-corrected chi connectivity index (χ2v) is 6.36. The van der Waals surface area contributed by atoms with E-state index in [9.17, 15) is 0 Å². The van der Waals surface area contributed by atoms with Crippen molar-refractivity contribution < 1.29 is 0 Å². The van der Waals surface area contributed by atoms with E-state index >= 15 is 0 Å². The summed E-state index contributed by atoms with van der Waals surface area (Å²) in [6.07, 6.45) is 5.49. The van der Waals surface area contributed by atoms with Crippen LogP contribution >= 0.6 is 12.2 Å². The van der Waals surface area contributed by atoms with Gasteiger partial charge >= 0.3 is 0 Å². The van der Waals surface area contributed by atoms with Gasteiger partial charge in [0, 0.05) is 12.7 Å². The van der Waals surface area contributed by atoms with Crippen LogP contribution in [0.4, 0.5) is 11.4 Å². The van der Waals surface area contributed by atoms with E-state index < -0.39 is 0 Å². The Morgan fingerprint density at radius 1 is 1.08 bits per heavy atom. The van der Waals surface area contributed by atoms with Crippen LogP contribution in [0.1, 0.15) is 23.7 Å². The fourth-order valence-electron chi connectivity index (χ4n) is 2.57. The van der Waals surface area contributed by atoms with Crippen LogP contribution in [-0.4, -0.2) is 24.7 Å². The molecule has 0 fully saturated rings. The molecular formula is C18H22N6S. The Balaban J connectivity index is 1.59. The van der Waals surface area contributed by atoms with E-state index in [0.717, 1.165) is 30.2 Å². The highest BCUT2D eigenvalue weighted by Crippen LogP contribution is 2.15. The maximum Gasteiger partial charge on any atom is 0.175 e. The molecule has 3 aromatic rings. The lowest BCUT2D eigenvalue weighted by atomic mass is 10.1. The minimum atomic E-state index is 0.522. The lowest BCUT2D eigenvalue weighted by molar-refractivity contribution is 0.640. The second kappa shape index (κ2) is 7.48. The predicted molar refractivity (Wildman–Crippen MR) is 105 cm³/mol. The summed E-state index contributed by atoms with van der Waals surface area (Å²) in [5.74, 6) is 0. The van der Waals surface area contributed by atoms with Crippen molar-refractivity contribution in [1.82, 2.24) is 19.6 Å². The molecule has 0 radical (unpaired) electrons. The van der Waals surface area contributed by atoms with Crippen molar-refractivity contribution >= 4 is 28.7 Å². The Morgan fingerprint density at radius 2 is 1.84 bits per heavy atom. The minimum absolute atomic E-state index is 0.522. The molecule has 0 bridgehead atoms. The van der Waals surface area contributed by atoms with Gasteiger partial charge in [0.05, 0.1) is 36.0 Å². The summed E-state index contributed by atoms with van der Waals surface area (Å²) in [6.45, 7) is 7.72. The molecule has 0 aliphatic carbocycles. The first kappa shape index (κ1) is 17.2. The number of nitrogens with zero attached hydrogens (tertiary/aromatic N) is 4. The largest absolute Gasteiger partial charge is 0.330 e. The average molecular weight is 354 g/mol. The van der Waals surface area contributed by atoms with Crippen LogP contribution in [0.15, 0.2) is 42.9 Å². The zero-order valence-electron chi connectivity index (χ0n) is 14.7. The zero-order chi connectivity index (χ0) is 17.8. The smallest absolute Gasteiger partial charge is 0.175 e. The topological polar surface area (TPSA) is 59.7 Å². The number of rotatable bonds is 5. The highest BCUT2D eigenvalue weighted by molar-refractivity contribution is 7.80. The number of aromatic nitrogens is 4. The summed E-state index contributed by atoms with van der Waals surface area (Å²) in [7, 11) is 0. The fraction of sp³-hybridized carbons (Fsp3) is 0.278. The maximum atomic E-state index is 5.38. The molecule has 6 nitrogen and oxygen atoms in total. The molecule has 0 spiro atoms. The standard InChI is InChI=1S/C18H22N6S/c1-4-24-14(3)17(10-20-24)22-18(25)21-16-9-19-23(12-16)11-15-7-5-13(2)6-8-15/h5-10,12H,4,11H2,1-3H3,(H2,21,22,25). The van der Waals surface area contributed by atoms with E-state index in [4.69, 9.17) is 12.2 Å². The van der Waals surface area contributed by atoms with Crippen molar-refractivity contribution in [1.29, 1.82) is 0 Å². The molecule has 0 saturated heterocycles. The van der Waals surface area contributed by atoms with E-state index in [1.54, 1.807) is 12.4 Å². The molecule has 25 heavy (non-hydrogen) atoms. The molecule has 2 aromatic heterocycles. The molecule has 0 amide bonds. The number of anilines is 2. The number of benzene rings is 1. The van der Waals surface area contributed by atoms with Crippen LogP contribution in [0.5, 0.6) is 0 Å². The van der Waals surface area contributed by atoms with Crippen molar-refractivity contribution in [2.75, 3.05) is 10.6 Å². The molecule has 2 heterocycles. The third-order valence-electron chi connectivity index (χ3n) is 4.01. The molecule has 1 aromatic carbocycles. The third kappa shape index (κ3) is 4.24. The van der Waals surface area contributed by atoms with Crippen molar-refractivity contribution in [3.05, 3.63) is 59.7 Å². The van der Waals surface area contributed by atoms with Crippen molar-refractivity contribution in [3.8, 4) is 0 Å². The van der Waals surface area contributed by atoms with E-state index in [1.165, 1.54) is 11.1 Å². The zero-order valence-corrected chi connectivity index (χ0v) is 15.5. The van der Waals surface area contributed by atoms with Gasteiger partial charge in [0.2, 0.25) is 0 Å². The predicted octanol–water partition coefficient (Wildman–Crippen LogP) is 3.57. The van der Waals surface area contributed by atoms with Gasteiger partial charge in [-0.25, -0.2) is 0 Å². The van der Waals surface area contributed by atoms with Crippen molar-refractivity contribution in [2.45, 2.75) is 33.9 Å². The summed E-state index contributed by atoms with van der Waals surface area (Å²) >= 11 is 5.38. The van der Waals surface area contributed by atoms with Gasteiger partial charge in [0.15, 0.2) is 5.11 Å². The van der Waals surface area contributed by atoms with Gasteiger partial charge in [0.25, 0.3) is 0 Å². The lowest BCUT2D eigenvalue weighted by Gasteiger charge is -2.08. The van der Waals surface area contributed by atoms with Gasteiger partial charge in [-0.15, -0.1) is 0 Å². The Morgan fingerprint density at radius 3 is 2.52 bits per heavy atom. The molecule has 2 N–H and O–H groups in total. The minimum Gasteiger partial charge on any atom is -0.330 e. The Hall–Kier alpha value is -2.67. The monoisotopic (exact) mass is 354 g/mol. The highest BCUT2D eigenvalue weighted by Gasteiger charge is 2.08. The first-order valence-electron chi connectivity index (χ1n) is 8.23. The summed E-state index contributed by atoms with van der Waals surface area (Å²) < 4.78 is 3.81. The van der Waals surface area contributed by atoms with Crippen LogP contribution in [-0.2, 0) is 13.1 Å². The van der Waals surface area contributed by atoms with Gasteiger partial charge < -0.3 is 10.6 Å². The summed E-state index contributed by atoms with van der Waals surface area (Å²) in [4.78, 5) is 0. The van der Waals surface area contributed by atoms with Gasteiger partial charge in [-0.1, -0.05) is 29.8 Å². The molecule has 0 saturated carbocycles. The van der Waals surface area contributed by atoms with Gasteiger partial charge in [0.1, 0.15) is 0 Å². The number of nitrogens with one attached hydrogen (secondary N) is 2. The molecule has 7 heteroatoms. The first-order valence-corrected chi connectivity index (χ1v) is 8.64. The van der Waals surface area contributed by atoms with E-state index in [2.05, 4.69) is 58.9 Å². The lowest BCUT2D eigenvalue weighted by Crippen LogP contribution is -2.19. The van der Waals surface area contributed by atoms with Gasteiger partial charge in [-0.2, -0.15) is 10.2 Å². The second-order valence-electron chi connectivity index (χ2n) is 5.95. The van der Waals surface area contributed by atoms with Crippen LogP contribution in [0.2, 0.25) is 0 Å². The molecule has 0 aliphatic heterocycles. The Labute approximate surface area is 152 Å². The molecule has 3 rings (SSSR count). The summed E-state index contributed by atoms with van der Waals surface area (Å²) in [6, 6.07) is 8.45. The number of thiocarbonyl (C=S) groups is 1. The Kier molecular flexibility index (Phi) is 5.14.